The van der Waals surface area contributed by atoms with Crippen molar-refractivity contribution >= 4 is 12.4 Å². The number of hydrogen-bond donors (Lipinski definition) is 1. The van der Waals surface area contributed by atoms with E-state index in [9.17, 15) is 0 Å². The molecule has 0 spiro atoms. The van der Waals surface area contributed by atoms with Crippen molar-refractivity contribution in [2.45, 2.75) is 58.9 Å². The van der Waals surface area contributed by atoms with Gasteiger partial charge in [-0.25, -0.2) is 0 Å². The van der Waals surface area contributed by atoms with Crippen LogP contribution in [-0.2, 0) is 0 Å². The monoisotopic (exact) mass is 205 g/mol. The summed E-state index contributed by atoms with van der Waals surface area (Å²) >= 11 is 0. The molecule has 1 fully saturated rings. The normalized spacial score (nSPS) is 24.9. The summed E-state index contributed by atoms with van der Waals surface area (Å²) < 4.78 is 0. The van der Waals surface area contributed by atoms with Gasteiger partial charge in [0.25, 0.3) is 0 Å². The minimum Gasteiger partial charge on any atom is -0.312 e. The molecule has 80 valence electrons. The summed E-state index contributed by atoms with van der Waals surface area (Å²) in [5, 5.41) is 3.60. The van der Waals surface area contributed by atoms with Gasteiger partial charge in [-0.05, 0) is 44.6 Å². The van der Waals surface area contributed by atoms with Crippen LogP contribution in [0.4, 0.5) is 0 Å². The molecule has 0 aromatic rings. The fourth-order valence-electron chi connectivity index (χ4n) is 2.08. The lowest BCUT2D eigenvalue weighted by Crippen LogP contribution is -2.46. The van der Waals surface area contributed by atoms with Crippen LogP contribution in [0.2, 0.25) is 0 Å². The van der Waals surface area contributed by atoms with Gasteiger partial charge < -0.3 is 5.32 Å². The maximum Gasteiger partial charge on any atom is 0.0153 e. The number of hydrogen-bond acceptors (Lipinski definition) is 1. The molecule has 0 atom stereocenters. The fourth-order valence-corrected chi connectivity index (χ4v) is 2.08. The second kappa shape index (κ2) is 4.65. The predicted molar refractivity (Wildman–Crippen MR) is 61.6 cm³/mol. The minimum absolute atomic E-state index is 0. The molecule has 1 N–H and O–H groups in total. The third-order valence-corrected chi connectivity index (χ3v) is 3.31. The molecular weight excluding hydrogens is 182 g/mol. The van der Waals surface area contributed by atoms with E-state index in [4.69, 9.17) is 0 Å². The predicted octanol–water partition coefficient (Wildman–Crippen LogP) is 3.38. The molecule has 1 aliphatic carbocycles. The van der Waals surface area contributed by atoms with Gasteiger partial charge in [0.2, 0.25) is 0 Å². The first-order chi connectivity index (χ1) is 5.47. The minimum atomic E-state index is 0. The molecule has 2 heteroatoms. The summed E-state index contributed by atoms with van der Waals surface area (Å²) in [6.45, 7) is 10.4. The van der Waals surface area contributed by atoms with Crippen molar-refractivity contribution < 1.29 is 0 Å². The molecular formula is C11H24ClN. The quantitative estimate of drug-likeness (QED) is 0.729. The van der Waals surface area contributed by atoms with E-state index in [1.807, 2.05) is 0 Å². The van der Waals surface area contributed by atoms with Crippen molar-refractivity contribution in [2.24, 2.45) is 5.41 Å². The summed E-state index contributed by atoms with van der Waals surface area (Å²) in [5.74, 6) is 0. The topological polar surface area (TPSA) is 12.0 Å². The van der Waals surface area contributed by atoms with E-state index in [0.29, 0.717) is 11.0 Å². The Morgan fingerprint density at radius 2 is 1.46 bits per heavy atom. The lowest BCUT2D eigenvalue weighted by atomic mass is 9.70. The summed E-state index contributed by atoms with van der Waals surface area (Å²) in [7, 11) is 0. The molecule has 1 aliphatic rings. The van der Waals surface area contributed by atoms with Crippen molar-refractivity contribution in [3.63, 3.8) is 0 Å². The van der Waals surface area contributed by atoms with Crippen LogP contribution in [0.3, 0.4) is 0 Å². The highest BCUT2D eigenvalue weighted by Gasteiger charge is 2.33. The molecule has 0 amide bonds. The van der Waals surface area contributed by atoms with Gasteiger partial charge in [0, 0.05) is 5.54 Å². The van der Waals surface area contributed by atoms with Crippen molar-refractivity contribution in [3.8, 4) is 0 Å². The Morgan fingerprint density at radius 3 is 1.85 bits per heavy atom. The summed E-state index contributed by atoms with van der Waals surface area (Å²) in [4.78, 5) is 0. The highest BCUT2D eigenvalue weighted by molar-refractivity contribution is 5.85. The van der Waals surface area contributed by atoms with Crippen LogP contribution < -0.4 is 5.32 Å². The van der Waals surface area contributed by atoms with Gasteiger partial charge in [-0.15, -0.1) is 12.4 Å². The molecule has 0 bridgehead atoms. The molecule has 1 rings (SSSR count). The Morgan fingerprint density at radius 1 is 1.00 bits per heavy atom. The lowest BCUT2D eigenvalue weighted by molar-refractivity contribution is 0.149. The maximum atomic E-state index is 3.60. The number of rotatable bonds is 2. The number of nitrogens with one attached hydrogen (secondary N) is 1. The number of halogens is 1. The first kappa shape index (κ1) is 13.2. The van der Waals surface area contributed by atoms with Gasteiger partial charge in [-0.2, -0.15) is 0 Å². The fraction of sp³-hybridized carbons (Fsp3) is 1.00. The highest BCUT2D eigenvalue weighted by atomic mass is 35.5. The summed E-state index contributed by atoms with van der Waals surface area (Å²) in [6.07, 6.45) is 5.43. The molecule has 0 aromatic heterocycles. The zero-order valence-corrected chi connectivity index (χ0v) is 10.3. The standard InChI is InChI=1S/C11H23N.ClH/c1-5-12-11(4)8-6-10(2,3)7-9-11;/h12H,5-9H2,1-4H3;1H. The van der Waals surface area contributed by atoms with Crippen LogP contribution in [0.1, 0.15) is 53.4 Å². The molecule has 0 aromatic carbocycles. The second-order valence-electron chi connectivity index (χ2n) is 5.26. The molecule has 0 heterocycles. The molecule has 0 radical (unpaired) electrons. The third kappa shape index (κ3) is 3.86. The average Bonchev–Trinajstić information content (AvgIpc) is 1.98. The molecule has 0 unspecified atom stereocenters. The van der Waals surface area contributed by atoms with Gasteiger partial charge >= 0.3 is 0 Å². The van der Waals surface area contributed by atoms with Crippen molar-refractivity contribution in [1.29, 1.82) is 0 Å². The molecule has 1 nitrogen and oxygen atoms in total. The smallest absolute Gasteiger partial charge is 0.0153 e. The van der Waals surface area contributed by atoms with Crippen LogP contribution >= 0.6 is 12.4 Å². The Bertz CT molecular complexity index is 144. The van der Waals surface area contributed by atoms with Crippen LogP contribution in [0.5, 0.6) is 0 Å². The first-order valence-corrected chi connectivity index (χ1v) is 5.22. The Hall–Kier alpha value is 0.250. The highest BCUT2D eigenvalue weighted by Crippen LogP contribution is 2.39. The van der Waals surface area contributed by atoms with E-state index in [2.05, 4.69) is 33.0 Å². The van der Waals surface area contributed by atoms with Crippen LogP contribution in [0.25, 0.3) is 0 Å². The Balaban J connectivity index is 0.00000144. The SMILES string of the molecule is CCNC1(C)CCC(C)(C)CC1.Cl. The van der Waals surface area contributed by atoms with Gasteiger partial charge in [0.05, 0.1) is 0 Å². The first-order valence-electron chi connectivity index (χ1n) is 5.22. The average molecular weight is 206 g/mol. The van der Waals surface area contributed by atoms with E-state index >= 15 is 0 Å². The summed E-state index contributed by atoms with van der Waals surface area (Å²) in [5.41, 5.74) is 1.03. The van der Waals surface area contributed by atoms with Crippen LogP contribution in [0, 0.1) is 5.41 Å². The molecule has 0 aliphatic heterocycles. The molecule has 1 saturated carbocycles. The Labute approximate surface area is 89.1 Å². The summed E-state index contributed by atoms with van der Waals surface area (Å²) in [6, 6.07) is 0. The van der Waals surface area contributed by atoms with Crippen molar-refractivity contribution in [2.75, 3.05) is 6.54 Å². The largest absolute Gasteiger partial charge is 0.312 e. The molecule has 13 heavy (non-hydrogen) atoms. The Kier molecular flexibility index (Phi) is 4.74. The van der Waals surface area contributed by atoms with Crippen LogP contribution in [0.15, 0.2) is 0 Å². The van der Waals surface area contributed by atoms with E-state index < -0.39 is 0 Å². The maximum absolute atomic E-state index is 3.60. The van der Waals surface area contributed by atoms with E-state index in [0.717, 1.165) is 6.54 Å². The zero-order valence-electron chi connectivity index (χ0n) is 9.44. The molecule has 0 saturated heterocycles. The van der Waals surface area contributed by atoms with Gasteiger partial charge in [0.15, 0.2) is 0 Å². The van der Waals surface area contributed by atoms with Gasteiger partial charge in [0.1, 0.15) is 0 Å². The zero-order chi connectivity index (χ0) is 9.24. The third-order valence-electron chi connectivity index (χ3n) is 3.31. The van der Waals surface area contributed by atoms with E-state index in [1.54, 1.807) is 0 Å². The van der Waals surface area contributed by atoms with Gasteiger partial charge in [-0.3, -0.25) is 0 Å². The van der Waals surface area contributed by atoms with Crippen molar-refractivity contribution in [1.82, 2.24) is 5.32 Å². The van der Waals surface area contributed by atoms with Crippen LogP contribution in [-0.4, -0.2) is 12.1 Å². The second-order valence-corrected chi connectivity index (χ2v) is 5.26. The lowest BCUT2D eigenvalue weighted by Gasteiger charge is -2.42. The van der Waals surface area contributed by atoms with E-state index in [-0.39, 0.29) is 12.4 Å². The van der Waals surface area contributed by atoms with E-state index in [1.165, 1.54) is 25.7 Å². The van der Waals surface area contributed by atoms with Gasteiger partial charge in [-0.1, -0.05) is 20.8 Å². The van der Waals surface area contributed by atoms with Crippen molar-refractivity contribution in [3.05, 3.63) is 0 Å².